The molecule has 0 radical (unpaired) electrons. The molecule has 198 valence electrons. The average molecular weight is 497 g/mol. The maximum atomic E-state index is 12.0. The van der Waals surface area contributed by atoms with Crippen molar-refractivity contribution in [2.24, 2.45) is 52.3 Å². The normalized spacial score (nSPS) is 47.7. The van der Waals surface area contributed by atoms with Gasteiger partial charge in [-0.15, -0.1) is 0 Å². The summed E-state index contributed by atoms with van der Waals surface area (Å²) in [5.74, 6) is 4.19. The molecule has 0 aromatic carbocycles. The Hall–Kier alpha value is -0.130. The van der Waals surface area contributed by atoms with Crippen molar-refractivity contribution in [3.8, 4) is 0 Å². The molecule has 4 rings (SSSR count). The zero-order chi connectivity index (χ0) is 25.1. The number of aliphatic hydroxyl groups is 1. The van der Waals surface area contributed by atoms with Crippen molar-refractivity contribution in [2.45, 2.75) is 124 Å². The van der Waals surface area contributed by atoms with E-state index in [0.717, 1.165) is 49.7 Å². The van der Waals surface area contributed by atoms with Crippen molar-refractivity contribution in [1.82, 2.24) is 0 Å². The van der Waals surface area contributed by atoms with Crippen LogP contribution in [0.25, 0.3) is 0 Å². The summed E-state index contributed by atoms with van der Waals surface area (Å²) < 4.78 is 29.0. The molecule has 4 saturated carbocycles. The number of fused-ring (bicyclic) bond motifs is 5. The summed E-state index contributed by atoms with van der Waals surface area (Å²) in [6, 6.07) is 0. The van der Waals surface area contributed by atoms with Gasteiger partial charge in [-0.25, -0.2) is 0 Å². The predicted octanol–water partition coefficient (Wildman–Crippen LogP) is 6.81. The van der Waals surface area contributed by atoms with Crippen LogP contribution in [-0.4, -0.2) is 31.5 Å². The van der Waals surface area contributed by atoms with Crippen LogP contribution >= 0.6 is 0 Å². The van der Waals surface area contributed by atoms with Gasteiger partial charge in [0.15, 0.2) is 0 Å². The molecule has 5 heteroatoms. The van der Waals surface area contributed by atoms with Gasteiger partial charge < -0.3 is 5.11 Å². The standard InChI is InChI=1S/C29H52O4S/c1-19(2)9-8-10-20(3)23-11-12-24-26-25(14-16-28(23,24)5)27(4)15-13-22(33-34(7,31)32)17-21(27)18-29(26,6)30/h19-26,30H,8-18H2,1-7H3/t20-,21-,22+,23-,24+,25+,26+,27+,28-,29-/m1/s1. The minimum Gasteiger partial charge on any atom is -0.390 e. The van der Waals surface area contributed by atoms with Crippen LogP contribution in [0.15, 0.2) is 0 Å². The molecule has 0 aromatic rings. The summed E-state index contributed by atoms with van der Waals surface area (Å²) in [6.07, 6.45) is 13.5. The molecule has 0 heterocycles. The van der Waals surface area contributed by atoms with E-state index in [9.17, 15) is 13.5 Å². The van der Waals surface area contributed by atoms with Crippen LogP contribution in [0.3, 0.4) is 0 Å². The lowest BCUT2D eigenvalue weighted by molar-refractivity contribution is -0.211. The highest BCUT2D eigenvalue weighted by atomic mass is 32.2. The van der Waals surface area contributed by atoms with E-state index in [4.69, 9.17) is 4.18 Å². The van der Waals surface area contributed by atoms with Gasteiger partial charge in [0.2, 0.25) is 0 Å². The fourth-order valence-corrected chi connectivity index (χ4v) is 10.6. The Morgan fingerprint density at radius 1 is 0.941 bits per heavy atom. The third-order valence-electron chi connectivity index (χ3n) is 11.5. The van der Waals surface area contributed by atoms with Crippen LogP contribution in [0.5, 0.6) is 0 Å². The first kappa shape index (κ1) is 26.9. The minimum atomic E-state index is -3.44. The maximum absolute atomic E-state index is 12.0. The number of rotatable bonds is 7. The van der Waals surface area contributed by atoms with Gasteiger partial charge in [0.1, 0.15) is 0 Å². The van der Waals surface area contributed by atoms with E-state index < -0.39 is 15.7 Å². The van der Waals surface area contributed by atoms with Crippen molar-refractivity contribution in [1.29, 1.82) is 0 Å². The summed E-state index contributed by atoms with van der Waals surface area (Å²) in [7, 11) is -3.44. The lowest BCUT2D eigenvalue weighted by Gasteiger charge is -2.65. The monoisotopic (exact) mass is 496 g/mol. The Labute approximate surface area is 210 Å². The van der Waals surface area contributed by atoms with Gasteiger partial charge in [-0.2, -0.15) is 8.42 Å². The van der Waals surface area contributed by atoms with E-state index in [1.807, 2.05) is 0 Å². The summed E-state index contributed by atoms with van der Waals surface area (Å²) in [5, 5.41) is 12.0. The lowest BCUT2D eigenvalue weighted by Crippen LogP contribution is -2.62. The molecular formula is C29H52O4S. The quantitative estimate of drug-likeness (QED) is 0.393. The molecule has 0 saturated heterocycles. The van der Waals surface area contributed by atoms with E-state index in [2.05, 4.69) is 41.5 Å². The first-order chi connectivity index (χ1) is 15.7. The van der Waals surface area contributed by atoms with E-state index >= 15 is 0 Å². The lowest BCUT2D eigenvalue weighted by atomic mass is 9.41. The minimum absolute atomic E-state index is 0.187. The van der Waals surface area contributed by atoms with Crippen molar-refractivity contribution in [3.63, 3.8) is 0 Å². The topological polar surface area (TPSA) is 63.6 Å². The summed E-state index contributed by atoms with van der Waals surface area (Å²) in [6.45, 7) is 14.3. The Kier molecular flexibility index (Phi) is 7.37. The zero-order valence-electron chi connectivity index (χ0n) is 23.0. The van der Waals surface area contributed by atoms with Crippen LogP contribution in [0.1, 0.15) is 112 Å². The van der Waals surface area contributed by atoms with E-state index in [1.54, 1.807) is 0 Å². The molecule has 0 spiro atoms. The van der Waals surface area contributed by atoms with Gasteiger partial charge in [0, 0.05) is 0 Å². The second-order valence-corrected chi connectivity index (χ2v) is 15.8. The first-order valence-corrected chi connectivity index (χ1v) is 16.1. The fourth-order valence-electron chi connectivity index (χ4n) is 9.93. The second-order valence-electron chi connectivity index (χ2n) is 14.2. The predicted molar refractivity (Wildman–Crippen MR) is 139 cm³/mol. The van der Waals surface area contributed by atoms with Gasteiger partial charge in [-0.1, -0.05) is 53.9 Å². The molecule has 0 amide bonds. The Morgan fingerprint density at radius 3 is 2.24 bits per heavy atom. The van der Waals surface area contributed by atoms with E-state index in [0.29, 0.717) is 29.1 Å². The molecule has 4 nitrogen and oxygen atoms in total. The van der Waals surface area contributed by atoms with Crippen LogP contribution in [0.2, 0.25) is 0 Å². The smallest absolute Gasteiger partial charge is 0.264 e. The highest BCUT2D eigenvalue weighted by Crippen LogP contribution is 2.70. The maximum Gasteiger partial charge on any atom is 0.264 e. The Morgan fingerprint density at radius 2 is 1.59 bits per heavy atom. The van der Waals surface area contributed by atoms with Gasteiger partial charge in [-0.3, -0.25) is 4.18 Å². The number of hydrogen-bond acceptors (Lipinski definition) is 4. The average Bonchev–Trinajstić information content (AvgIpc) is 3.04. The van der Waals surface area contributed by atoms with E-state index in [-0.39, 0.29) is 11.5 Å². The molecule has 4 aliphatic rings. The second kappa shape index (κ2) is 9.31. The molecule has 10 atom stereocenters. The molecule has 34 heavy (non-hydrogen) atoms. The summed E-state index contributed by atoms with van der Waals surface area (Å²) >= 11 is 0. The molecule has 0 bridgehead atoms. The molecule has 4 aliphatic carbocycles. The molecule has 0 aromatic heterocycles. The van der Waals surface area contributed by atoms with Gasteiger partial charge in [0.05, 0.1) is 18.0 Å². The van der Waals surface area contributed by atoms with Crippen molar-refractivity contribution in [3.05, 3.63) is 0 Å². The summed E-state index contributed by atoms with van der Waals surface area (Å²) in [5.41, 5.74) is -0.140. The van der Waals surface area contributed by atoms with Gasteiger partial charge in [-0.05, 0) is 111 Å². The Bertz CT molecular complexity index is 835. The highest BCUT2D eigenvalue weighted by Gasteiger charge is 2.65. The molecular weight excluding hydrogens is 444 g/mol. The molecule has 1 N–H and O–H groups in total. The van der Waals surface area contributed by atoms with Crippen LogP contribution < -0.4 is 0 Å². The van der Waals surface area contributed by atoms with Crippen LogP contribution in [0, 0.1) is 52.3 Å². The van der Waals surface area contributed by atoms with E-state index in [1.165, 1.54) is 44.9 Å². The van der Waals surface area contributed by atoms with Gasteiger partial charge in [0.25, 0.3) is 10.1 Å². The molecule has 0 unspecified atom stereocenters. The van der Waals surface area contributed by atoms with Gasteiger partial charge >= 0.3 is 0 Å². The third kappa shape index (κ3) is 4.88. The van der Waals surface area contributed by atoms with Crippen molar-refractivity contribution in [2.75, 3.05) is 6.26 Å². The van der Waals surface area contributed by atoms with Crippen molar-refractivity contribution < 1.29 is 17.7 Å². The largest absolute Gasteiger partial charge is 0.390 e. The molecule has 4 fully saturated rings. The highest BCUT2D eigenvalue weighted by molar-refractivity contribution is 7.86. The fraction of sp³-hybridized carbons (Fsp3) is 1.00. The zero-order valence-corrected chi connectivity index (χ0v) is 23.8. The van der Waals surface area contributed by atoms with Crippen LogP contribution in [0.4, 0.5) is 0 Å². The Balaban J connectivity index is 1.53. The SMILES string of the molecule is CC(C)CCC[C@@H](C)[C@H]1CC[C@H]2[C@H]3[C@H](CC[C@]12C)[C@@]1(C)CC[C@H](OS(C)(=O)=O)C[C@@H]1C[C@@]3(C)O. The van der Waals surface area contributed by atoms with Crippen molar-refractivity contribution >= 4 is 10.1 Å². The number of hydrogen-bond donors (Lipinski definition) is 1. The third-order valence-corrected chi connectivity index (χ3v) is 12.1. The first-order valence-electron chi connectivity index (χ1n) is 14.3. The summed E-state index contributed by atoms with van der Waals surface area (Å²) in [4.78, 5) is 0. The molecule has 0 aliphatic heterocycles. The van der Waals surface area contributed by atoms with Crippen LogP contribution in [-0.2, 0) is 14.3 Å².